The summed E-state index contributed by atoms with van der Waals surface area (Å²) in [6.45, 7) is 3.67. The van der Waals surface area contributed by atoms with Crippen LogP contribution in [0.4, 0.5) is 0 Å². The van der Waals surface area contributed by atoms with Crippen molar-refractivity contribution in [2.45, 2.75) is 70.2 Å². The average molecular weight is 238 g/mol. The highest BCUT2D eigenvalue weighted by molar-refractivity contribution is 5.85. The van der Waals surface area contributed by atoms with Gasteiger partial charge in [0.1, 0.15) is 0 Å². The Morgan fingerprint density at radius 1 is 1.07 bits per heavy atom. The molecule has 0 aliphatic carbocycles. The Morgan fingerprint density at radius 2 is 1.47 bits per heavy atom. The molecule has 3 N–H and O–H groups in total. The van der Waals surface area contributed by atoms with Crippen LogP contribution in [0, 0.1) is 0 Å². The zero-order chi connectivity index (χ0) is 10.6. The third-order valence-electron chi connectivity index (χ3n) is 2.83. The molecule has 1 rings (SSSR count). The molecule has 1 aliphatic rings. The Balaban J connectivity index is 0.00000196. The average Bonchev–Trinajstić information content (AvgIpc) is 2.01. The third-order valence-corrected chi connectivity index (χ3v) is 2.83. The number of aliphatic hydroxyl groups excluding tert-OH is 2. The van der Waals surface area contributed by atoms with Gasteiger partial charge in [-0.25, -0.2) is 0 Å². The van der Waals surface area contributed by atoms with E-state index in [0.717, 1.165) is 25.7 Å². The number of piperidine rings is 1. The van der Waals surface area contributed by atoms with Crippen LogP contribution in [0.15, 0.2) is 0 Å². The lowest BCUT2D eigenvalue weighted by Gasteiger charge is -2.32. The number of nitrogens with one attached hydrogen (secondary N) is 1. The molecule has 0 bridgehead atoms. The minimum absolute atomic E-state index is 0. The van der Waals surface area contributed by atoms with Gasteiger partial charge in [0.2, 0.25) is 0 Å². The van der Waals surface area contributed by atoms with Gasteiger partial charge in [-0.3, -0.25) is 0 Å². The molecule has 4 atom stereocenters. The first-order valence-corrected chi connectivity index (χ1v) is 5.70. The first-order valence-electron chi connectivity index (χ1n) is 5.70. The van der Waals surface area contributed by atoms with Crippen LogP contribution in [0.2, 0.25) is 0 Å². The second-order valence-corrected chi connectivity index (χ2v) is 4.66. The molecule has 1 aliphatic heterocycles. The van der Waals surface area contributed by atoms with Gasteiger partial charge in [-0.1, -0.05) is 6.42 Å². The topological polar surface area (TPSA) is 52.5 Å². The van der Waals surface area contributed by atoms with Gasteiger partial charge < -0.3 is 15.5 Å². The molecule has 1 heterocycles. The summed E-state index contributed by atoms with van der Waals surface area (Å²) >= 11 is 0. The zero-order valence-corrected chi connectivity index (χ0v) is 10.5. The molecule has 0 aromatic carbocycles. The van der Waals surface area contributed by atoms with Crippen LogP contribution in [0.5, 0.6) is 0 Å². The van der Waals surface area contributed by atoms with Gasteiger partial charge in [-0.2, -0.15) is 0 Å². The summed E-state index contributed by atoms with van der Waals surface area (Å²) in [7, 11) is 0. The summed E-state index contributed by atoms with van der Waals surface area (Å²) in [5.74, 6) is 0. The Labute approximate surface area is 98.7 Å². The van der Waals surface area contributed by atoms with E-state index in [1.807, 2.05) is 13.8 Å². The lowest BCUT2D eigenvalue weighted by Crippen LogP contribution is -2.44. The molecule has 1 fully saturated rings. The fourth-order valence-electron chi connectivity index (χ4n) is 2.31. The van der Waals surface area contributed by atoms with Crippen molar-refractivity contribution in [1.29, 1.82) is 0 Å². The van der Waals surface area contributed by atoms with Crippen LogP contribution in [-0.4, -0.2) is 34.5 Å². The molecule has 1 saturated heterocycles. The molecule has 4 unspecified atom stereocenters. The summed E-state index contributed by atoms with van der Waals surface area (Å²) < 4.78 is 0. The van der Waals surface area contributed by atoms with Gasteiger partial charge in [0.05, 0.1) is 12.2 Å². The second kappa shape index (κ2) is 7.44. The van der Waals surface area contributed by atoms with E-state index in [1.54, 1.807) is 0 Å². The van der Waals surface area contributed by atoms with Crippen molar-refractivity contribution < 1.29 is 10.2 Å². The van der Waals surface area contributed by atoms with Crippen LogP contribution in [0.25, 0.3) is 0 Å². The van der Waals surface area contributed by atoms with Gasteiger partial charge in [-0.05, 0) is 39.5 Å². The van der Waals surface area contributed by atoms with Crippen molar-refractivity contribution in [1.82, 2.24) is 5.32 Å². The van der Waals surface area contributed by atoms with E-state index in [4.69, 9.17) is 0 Å². The molecule has 0 spiro atoms. The lowest BCUT2D eigenvalue weighted by atomic mass is 9.92. The molecular weight excluding hydrogens is 214 g/mol. The number of rotatable bonds is 4. The van der Waals surface area contributed by atoms with E-state index in [2.05, 4.69) is 5.32 Å². The highest BCUT2D eigenvalue weighted by Crippen LogP contribution is 2.19. The largest absolute Gasteiger partial charge is 0.393 e. The number of aliphatic hydroxyl groups is 2. The van der Waals surface area contributed by atoms with E-state index < -0.39 is 0 Å². The maximum absolute atomic E-state index is 9.28. The van der Waals surface area contributed by atoms with Crippen LogP contribution in [0.1, 0.15) is 46.0 Å². The number of halogens is 1. The van der Waals surface area contributed by atoms with Crippen molar-refractivity contribution in [3.05, 3.63) is 0 Å². The highest BCUT2D eigenvalue weighted by Gasteiger charge is 2.22. The maximum Gasteiger partial charge on any atom is 0.0526 e. The summed E-state index contributed by atoms with van der Waals surface area (Å²) in [4.78, 5) is 0. The van der Waals surface area contributed by atoms with Crippen LogP contribution < -0.4 is 5.32 Å². The first-order chi connectivity index (χ1) is 6.58. The molecule has 0 aromatic heterocycles. The van der Waals surface area contributed by atoms with Gasteiger partial charge in [0.15, 0.2) is 0 Å². The van der Waals surface area contributed by atoms with Crippen molar-refractivity contribution >= 4 is 12.4 Å². The molecule has 3 nitrogen and oxygen atoms in total. The number of hydrogen-bond acceptors (Lipinski definition) is 3. The highest BCUT2D eigenvalue weighted by atomic mass is 35.5. The molecule has 0 amide bonds. The maximum atomic E-state index is 9.28. The summed E-state index contributed by atoms with van der Waals surface area (Å²) in [5, 5.41) is 22.1. The SMILES string of the molecule is CC(O)CC1CCCC(CC(C)O)N1.Cl. The normalized spacial score (nSPS) is 30.4. The van der Waals surface area contributed by atoms with Crippen LogP contribution >= 0.6 is 12.4 Å². The third kappa shape index (κ3) is 6.36. The minimum atomic E-state index is -0.224. The fraction of sp³-hybridized carbons (Fsp3) is 1.00. The van der Waals surface area contributed by atoms with Gasteiger partial charge in [0.25, 0.3) is 0 Å². The van der Waals surface area contributed by atoms with E-state index in [9.17, 15) is 10.2 Å². The predicted octanol–water partition coefficient (Wildman–Crippen LogP) is 1.46. The van der Waals surface area contributed by atoms with Crippen molar-refractivity contribution in [2.24, 2.45) is 0 Å². The van der Waals surface area contributed by atoms with Crippen LogP contribution in [0.3, 0.4) is 0 Å². The lowest BCUT2D eigenvalue weighted by molar-refractivity contribution is 0.130. The van der Waals surface area contributed by atoms with E-state index in [1.165, 1.54) is 6.42 Å². The van der Waals surface area contributed by atoms with Crippen molar-refractivity contribution in [2.75, 3.05) is 0 Å². The summed E-state index contributed by atoms with van der Waals surface area (Å²) in [6.07, 6.45) is 4.73. The van der Waals surface area contributed by atoms with E-state index in [-0.39, 0.29) is 24.6 Å². The number of hydrogen-bond donors (Lipinski definition) is 3. The predicted molar refractivity (Wildman–Crippen MR) is 64.4 cm³/mol. The van der Waals surface area contributed by atoms with E-state index >= 15 is 0 Å². The molecule has 0 aromatic rings. The van der Waals surface area contributed by atoms with E-state index in [0.29, 0.717) is 12.1 Å². The summed E-state index contributed by atoms with van der Waals surface area (Å²) in [6, 6.07) is 0.875. The zero-order valence-electron chi connectivity index (χ0n) is 9.65. The van der Waals surface area contributed by atoms with Gasteiger partial charge in [-0.15, -0.1) is 12.4 Å². The second-order valence-electron chi connectivity index (χ2n) is 4.66. The Kier molecular flexibility index (Phi) is 7.53. The smallest absolute Gasteiger partial charge is 0.0526 e. The standard InChI is InChI=1S/C11H23NO2.ClH/c1-8(13)6-10-4-3-5-11(12-10)7-9(2)14;/h8-14H,3-7H2,1-2H3;1H. The first kappa shape index (κ1) is 15.2. The summed E-state index contributed by atoms with van der Waals surface area (Å²) in [5.41, 5.74) is 0. The molecule has 15 heavy (non-hydrogen) atoms. The Hall–Kier alpha value is 0.170. The Bertz CT molecular complexity index is 149. The molecule has 0 radical (unpaired) electrons. The van der Waals surface area contributed by atoms with Crippen molar-refractivity contribution in [3.8, 4) is 0 Å². The van der Waals surface area contributed by atoms with Crippen molar-refractivity contribution in [3.63, 3.8) is 0 Å². The molecular formula is C11H24ClNO2. The Morgan fingerprint density at radius 3 is 1.80 bits per heavy atom. The van der Waals surface area contributed by atoms with Gasteiger partial charge in [0, 0.05) is 12.1 Å². The quantitative estimate of drug-likeness (QED) is 0.694. The van der Waals surface area contributed by atoms with Gasteiger partial charge >= 0.3 is 0 Å². The molecule has 0 saturated carbocycles. The fourth-order valence-corrected chi connectivity index (χ4v) is 2.31. The minimum Gasteiger partial charge on any atom is -0.393 e. The monoisotopic (exact) mass is 237 g/mol. The molecule has 4 heteroatoms. The molecule has 92 valence electrons. The van der Waals surface area contributed by atoms with Crippen LogP contribution in [-0.2, 0) is 0 Å².